The van der Waals surface area contributed by atoms with E-state index in [0.29, 0.717) is 64.8 Å². The van der Waals surface area contributed by atoms with Crippen LogP contribution in [0.15, 0.2) is 18.3 Å². The molecule has 2 fully saturated rings. The van der Waals surface area contributed by atoms with E-state index in [-0.39, 0.29) is 5.91 Å². The van der Waals surface area contributed by atoms with Crippen molar-refractivity contribution in [3.05, 3.63) is 23.9 Å². The Morgan fingerprint density at radius 2 is 1.76 bits per heavy atom. The standard InChI is InChI=1S/C16H21F3N4O2/c17-16(18,19)13-1-2-14(20-11-13)22-5-3-21(4-6-22)12-15(24)23-7-9-25-10-8-23/h1-2,11H,3-10,12H2. The molecule has 6 nitrogen and oxygen atoms in total. The van der Waals surface area contributed by atoms with E-state index >= 15 is 0 Å². The average Bonchev–Trinajstić information content (AvgIpc) is 2.62. The number of halogens is 3. The molecule has 25 heavy (non-hydrogen) atoms. The predicted octanol–water partition coefficient (Wildman–Crippen LogP) is 1.08. The van der Waals surface area contributed by atoms with E-state index in [1.807, 2.05) is 9.80 Å². The minimum atomic E-state index is -4.37. The van der Waals surface area contributed by atoms with Crippen LogP contribution in [-0.4, -0.2) is 79.7 Å². The molecule has 1 aromatic heterocycles. The maximum Gasteiger partial charge on any atom is 0.417 e. The summed E-state index contributed by atoms with van der Waals surface area (Å²) in [4.78, 5) is 22.0. The summed E-state index contributed by atoms with van der Waals surface area (Å²) in [6.45, 7) is 5.43. The second-order valence-electron chi connectivity index (χ2n) is 6.16. The van der Waals surface area contributed by atoms with Crippen LogP contribution in [0.2, 0.25) is 0 Å². The number of rotatable bonds is 3. The number of carbonyl (C=O) groups excluding carboxylic acids is 1. The molecule has 2 aliphatic heterocycles. The summed E-state index contributed by atoms with van der Waals surface area (Å²) >= 11 is 0. The Labute approximate surface area is 144 Å². The van der Waals surface area contributed by atoms with Crippen LogP contribution in [0.1, 0.15) is 5.56 Å². The molecule has 0 aliphatic carbocycles. The van der Waals surface area contributed by atoms with Gasteiger partial charge in [-0.25, -0.2) is 4.98 Å². The Balaban J connectivity index is 1.49. The lowest BCUT2D eigenvalue weighted by Gasteiger charge is -2.36. The number of piperazine rings is 1. The molecule has 2 aliphatic rings. The highest BCUT2D eigenvalue weighted by atomic mass is 19.4. The number of pyridine rings is 1. The summed E-state index contributed by atoms with van der Waals surface area (Å²) in [5, 5.41) is 0. The zero-order chi connectivity index (χ0) is 17.9. The van der Waals surface area contributed by atoms with Gasteiger partial charge in [-0.15, -0.1) is 0 Å². The average molecular weight is 358 g/mol. The van der Waals surface area contributed by atoms with E-state index in [9.17, 15) is 18.0 Å². The number of hydrogen-bond donors (Lipinski definition) is 0. The van der Waals surface area contributed by atoms with E-state index in [1.54, 1.807) is 0 Å². The first-order chi connectivity index (χ1) is 11.9. The van der Waals surface area contributed by atoms with Crippen molar-refractivity contribution in [1.82, 2.24) is 14.8 Å². The van der Waals surface area contributed by atoms with E-state index in [2.05, 4.69) is 9.88 Å². The number of morpholine rings is 1. The molecule has 0 spiro atoms. The molecule has 0 bridgehead atoms. The minimum Gasteiger partial charge on any atom is -0.378 e. The number of nitrogens with zero attached hydrogens (tertiary/aromatic N) is 4. The van der Waals surface area contributed by atoms with E-state index in [4.69, 9.17) is 4.74 Å². The third-order valence-electron chi connectivity index (χ3n) is 4.49. The molecule has 0 radical (unpaired) electrons. The van der Waals surface area contributed by atoms with Gasteiger partial charge in [-0.2, -0.15) is 13.2 Å². The van der Waals surface area contributed by atoms with Crippen molar-refractivity contribution in [3.8, 4) is 0 Å². The highest BCUT2D eigenvalue weighted by molar-refractivity contribution is 5.78. The summed E-state index contributed by atoms with van der Waals surface area (Å²) in [7, 11) is 0. The molecule has 9 heteroatoms. The predicted molar refractivity (Wildman–Crippen MR) is 85.3 cm³/mol. The Hall–Kier alpha value is -1.87. The van der Waals surface area contributed by atoms with Crippen LogP contribution in [0.3, 0.4) is 0 Å². The van der Waals surface area contributed by atoms with Crippen LogP contribution in [0.25, 0.3) is 0 Å². The molecule has 2 saturated heterocycles. The zero-order valence-corrected chi connectivity index (χ0v) is 13.8. The first-order valence-corrected chi connectivity index (χ1v) is 8.29. The number of carbonyl (C=O) groups is 1. The summed E-state index contributed by atoms with van der Waals surface area (Å²) < 4.78 is 43.0. The third kappa shape index (κ3) is 4.60. The fourth-order valence-corrected chi connectivity index (χ4v) is 2.98. The van der Waals surface area contributed by atoms with Crippen LogP contribution in [0.4, 0.5) is 19.0 Å². The first kappa shape index (κ1) is 17.9. The quantitative estimate of drug-likeness (QED) is 0.809. The van der Waals surface area contributed by atoms with E-state index in [0.717, 1.165) is 12.3 Å². The largest absolute Gasteiger partial charge is 0.417 e. The fraction of sp³-hybridized carbons (Fsp3) is 0.625. The van der Waals surface area contributed by atoms with Gasteiger partial charge in [0.05, 0.1) is 25.3 Å². The molecule has 138 valence electrons. The maximum atomic E-state index is 12.6. The molecule has 0 saturated carbocycles. The lowest BCUT2D eigenvalue weighted by molar-refractivity contribution is -0.138. The van der Waals surface area contributed by atoms with E-state index < -0.39 is 11.7 Å². The summed E-state index contributed by atoms with van der Waals surface area (Å²) in [6, 6.07) is 2.45. The third-order valence-corrected chi connectivity index (χ3v) is 4.49. The number of hydrogen-bond acceptors (Lipinski definition) is 5. The number of ether oxygens (including phenoxy) is 1. The second-order valence-corrected chi connectivity index (χ2v) is 6.16. The number of alkyl halides is 3. The molecule has 1 aromatic rings. The van der Waals surface area contributed by atoms with Crippen LogP contribution in [0.5, 0.6) is 0 Å². The van der Waals surface area contributed by atoms with Gasteiger partial charge in [0.25, 0.3) is 0 Å². The molecule has 0 atom stereocenters. The van der Waals surface area contributed by atoms with Gasteiger partial charge in [-0.05, 0) is 12.1 Å². The van der Waals surface area contributed by atoms with Gasteiger partial charge >= 0.3 is 6.18 Å². The van der Waals surface area contributed by atoms with Gasteiger partial charge in [0.1, 0.15) is 5.82 Å². The van der Waals surface area contributed by atoms with Gasteiger partial charge in [0, 0.05) is 45.5 Å². The van der Waals surface area contributed by atoms with Crippen molar-refractivity contribution in [1.29, 1.82) is 0 Å². The Bertz CT molecular complexity index is 580. The lowest BCUT2D eigenvalue weighted by Crippen LogP contribution is -2.51. The summed E-state index contributed by atoms with van der Waals surface area (Å²) in [6.07, 6.45) is -3.51. The van der Waals surface area contributed by atoms with Gasteiger partial charge in [0.2, 0.25) is 5.91 Å². The lowest BCUT2D eigenvalue weighted by atomic mass is 10.2. The smallest absolute Gasteiger partial charge is 0.378 e. The maximum absolute atomic E-state index is 12.6. The Kier molecular flexibility index (Phi) is 5.43. The van der Waals surface area contributed by atoms with Crippen LogP contribution < -0.4 is 4.90 Å². The van der Waals surface area contributed by atoms with Crippen molar-refractivity contribution >= 4 is 11.7 Å². The van der Waals surface area contributed by atoms with Gasteiger partial charge in [-0.1, -0.05) is 0 Å². The van der Waals surface area contributed by atoms with Crippen LogP contribution in [0, 0.1) is 0 Å². The molecule has 1 amide bonds. The van der Waals surface area contributed by atoms with Crippen molar-refractivity contribution in [2.24, 2.45) is 0 Å². The van der Waals surface area contributed by atoms with Gasteiger partial charge < -0.3 is 14.5 Å². The molecule has 3 heterocycles. The second kappa shape index (κ2) is 7.57. The van der Waals surface area contributed by atoms with Crippen molar-refractivity contribution in [2.75, 3.05) is 63.9 Å². The Morgan fingerprint density at radius 3 is 2.32 bits per heavy atom. The summed E-state index contributed by atoms with van der Waals surface area (Å²) in [5.41, 5.74) is -0.744. The minimum absolute atomic E-state index is 0.101. The molecule has 0 unspecified atom stereocenters. The zero-order valence-electron chi connectivity index (χ0n) is 13.8. The Morgan fingerprint density at radius 1 is 1.08 bits per heavy atom. The van der Waals surface area contributed by atoms with Crippen molar-refractivity contribution < 1.29 is 22.7 Å². The van der Waals surface area contributed by atoms with Crippen molar-refractivity contribution in [3.63, 3.8) is 0 Å². The fourth-order valence-electron chi connectivity index (χ4n) is 2.98. The van der Waals surface area contributed by atoms with Gasteiger partial charge in [0.15, 0.2) is 0 Å². The van der Waals surface area contributed by atoms with Crippen LogP contribution in [-0.2, 0) is 15.7 Å². The van der Waals surface area contributed by atoms with E-state index in [1.165, 1.54) is 6.07 Å². The molecular formula is C16H21F3N4O2. The normalized spacial score (nSPS) is 20.0. The summed E-state index contributed by atoms with van der Waals surface area (Å²) in [5.74, 6) is 0.636. The first-order valence-electron chi connectivity index (χ1n) is 8.29. The highest BCUT2D eigenvalue weighted by Crippen LogP contribution is 2.29. The SMILES string of the molecule is O=C(CN1CCN(c2ccc(C(F)(F)F)cn2)CC1)N1CCOCC1. The number of anilines is 1. The molecule has 3 rings (SSSR count). The highest BCUT2D eigenvalue weighted by Gasteiger charge is 2.31. The number of amides is 1. The monoisotopic (exact) mass is 358 g/mol. The molecular weight excluding hydrogens is 337 g/mol. The number of aromatic nitrogens is 1. The molecule has 0 aromatic carbocycles. The molecule has 0 N–H and O–H groups in total. The van der Waals surface area contributed by atoms with Crippen LogP contribution >= 0.6 is 0 Å². The van der Waals surface area contributed by atoms with Gasteiger partial charge in [-0.3, -0.25) is 9.69 Å². The van der Waals surface area contributed by atoms with Crippen molar-refractivity contribution in [2.45, 2.75) is 6.18 Å². The topological polar surface area (TPSA) is 48.9 Å².